The Kier molecular flexibility index (Phi) is 4.23. The van der Waals surface area contributed by atoms with Crippen molar-refractivity contribution in [1.82, 2.24) is 15.5 Å². The Bertz CT molecular complexity index is 398. The second-order valence-corrected chi connectivity index (χ2v) is 5.61. The van der Waals surface area contributed by atoms with Gasteiger partial charge in [0.25, 0.3) is 5.91 Å². The van der Waals surface area contributed by atoms with E-state index in [2.05, 4.69) is 21.8 Å². The van der Waals surface area contributed by atoms with Crippen LogP contribution in [0.4, 0.5) is 0 Å². The lowest BCUT2D eigenvalue weighted by atomic mass is 10.2. The monoisotopic (exact) mass is 271 g/mol. The number of thioether (sulfide) groups is 1. The van der Waals surface area contributed by atoms with Crippen molar-refractivity contribution in [2.45, 2.75) is 30.6 Å². The molecule has 2 rings (SSSR count). The number of rotatable bonds is 3. The second-order valence-electron chi connectivity index (χ2n) is 4.08. The number of halogens is 1. The molecule has 0 bridgehead atoms. The van der Waals surface area contributed by atoms with Crippen LogP contribution in [0.25, 0.3) is 0 Å². The molecule has 1 aromatic heterocycles. The lowest BCUT2D eigenvalue weighted by Crippen LogP contribution is -2.33. The predicted octanol–water partition coefficient (Wildman–Crippen LogP) is 2.14. The summed E-state index contributed by atoms with van der Waals surface area (Å²) < 4.78 is 0. The average Bonchev–Trinajstić information content (AvgIpc) is 2.77. The van der Waals surface area contributed by atoms with Crippen LogP contribution in [0.3, 0.4) is 0 Å². The minimum absolute atomic E-state index is 0.166. The smallest absolute Gasteiger partial charge is 0.272 e. The van der Waals surface area contributed by atoms with Gasteiger partial charge in [0.1, 0.15) is 0 Å². The number of hydrogen-bond donors (Lipinski definition) is 1. The molecule has 0 radical (unpaired) electrons. The first-order chi connectivity index (χ1) is 8.19. The summed E-state index contributed by atoms with van der Waals surface area (Å²) in [5, 5.41) is 11.4. The van der Waals surface area contributed by atoms with Gasteiger partial charge in [0.2, 0.25) is 0 Å². The minimum Gasteiger partial charge on any atom is -0.348 e. The Morgan fingerprint density at radius 2 is 2.29 bits per heavy atom. The summed E-state index contributed by atoms with van der Waals surface area (Å²) in [7, 11) is 0. The zero-order valence-electron chi connectivity index (χ0n) is 9.52. The van der Waals surface area contributed by atoms with Crippen molar-refractivity contribution in [3.05, 3.63) is 23.0 Å². The predicted molar refractivity (Wildman–Crippen MR) is 69.5 cm³/mol. The Labute approximate surface area is 110 Å². The zero-order chi connectivity index (χ0) is 12.3. The number of carbonyl (C=O) groups excluding carboxylic acids is 1. The van der Waals surface area contributed by atoms with Gasteiger partial charge in [-0.2, -0.15) is 11.8 Å². The van der Waals surface area contributed by atoms with Crippen molar-refractivity contribution >= 4 is 29.3 Å². The highest BCUT2D eigenvalue weighted by molar-refractivity contribution is 7.99. The van der Waals surface area contributed by atoms with Crippen LogP contribution in [0, 0.1) is 0 Å². The number of aromatic nitrogens is 2. The Morgan fingerprint density at radius 3 is 2.88 bits per heavy atom. The molecule has 2 unspecified atom stereocenters. The van der Waals surface area contributed by atoms with Gasteiger partial charge in [0.15, 0.2) is 10.8 Å². The van der Waals surface area contributed by atoms with Crippen molar-refractivity contribution < 1.29 is 4.79 Å². The lowest BCUT2D eigenvalue weighted by molar-refractivity contribution is 0.0932. The Hall–Kier alpha value is -0.810. The van der Waals surface area contributed by atoms with Crippen molar-refractivity contribution in [2.75, 3.05) is 6.26 Å². The molecule has 1 N–H and O–H groups in total. The summed E-state index contributed by atoms with van der Waals surface area (Å²) in [6.07, 6.45) is 5.35. The topological polar surface area (TPSA) is 54.9 Å². The fourth-order valence-corrected chi connectivity index (χ4v) is 2.88. The lowest BCUT2D eigenvalue weighted by Gasteiger charge is -2.11. The zero-order valence-corrected chi connectivity index (χ0v) is 11.1. The van der Waals surface area contributed by atoms with E-state index < -0.39 is 0 Å². The first kappa shape index (κ1) is 12.6. The molecule has 92 valence electrons. The number of amides is 1. The van der Waals surface area contributed by atoms with E-state index in [0.717, 1.165) is 12.8 Å². The molecule has 6 heteroatoms. The van der Waals surface area contributed by atoms with Gasteiger partial charge < -0.3 is 5.32 Å². The van der Waals surface area contributed by atoms with Crippen molar-refractivity contribution in [3.63, 3.8) is 0 Å². The molecule has 17 heavy (non-hydrogen) atoms. The molecular formula is C11H14ClN3OS. The van der Waals surface area contributed by atoms with Gasteiger partial charge in [0, 0.05) is 11.3 Å². The van der Waals surface area contributed by atoms with Crippen LogP contribution in [0.2, 0.25) is 5.15 Å². The van der Waals surface area contributed by atoms with E-state index in [1.54, 1.807) is 12.1 Å². The van der Waals surface area contributed by atoms with Gasteiger partial charge in [-0.3, -0.25) is 4.79 Å². The maximum atomic E-state index is 11.8. The highest BCUT2D eigenvalue weighted by Gasteiger charge is 2.25. The van der Waals surface area contributed by atoms with Crippen LogP contribution in [-0.2, 0) is 0 Å². The molecule has 0 spiro atoms. The van der Waals surface area contributed by atoms with E-state index in [-0.39, 0.29) is 11.9 Å². The molecule has 0 aliphatic heterocycles. The molecule has 1 saturated carbocycles. The average molecular weight is 272 g/mol. The maximum absolute atomic E-state index is 11.8. The van der Waals surface area contributed by atoms with Crippen LogP contribution in [-0.4, -0.2) is 33.7 Å². The quantitative estimate of drug-likeness (QED) is 0.915. The molecule has 1 aromatic rings. The second kappa shape index (κ2) is 5.69. The van der Waals surface area contributed by atoms with Gasteiger partial charge in [-0.05, 0) is 37.7 Å². The van der Waals surface area contributed by atoms with Crippen LogP contribution in [0.5, 0.6) is 0 Å². The number of nitrogens with zero attached hydrogens (tertiary/aromatic N) is 2. The molecule has 2 atom stereocenters. The molecule has 1 heterocycles. The fourth-order valence-electron chi connectivity index (χ4n) is 1.98. The van der Waals surface area contributed by atoms with Crippen molar-refractivity contribution in [3.8, 4) is 0 Å². The summed E-state index contributed by atoms with van der Waals surface area (Å²) >= 11 is 7.48. The van der Waals surface area contributed by atoms with E-state index in [1.165, 1.54) is 6.42 Å². The third-order valence-electron chi connectivity index (χ3n) is 2.92. The van der Waals surface area contributed by atoms with Gasteiger partial charge in [-0.1, -0.05) is 11.6 Å². The summed E-state index contributed by atoms with van der Waals surface area (Å²) in [5.41, 5.74) is 0.321. The molecule has 1 fully saturated rings. The highest BCUT2D eigenvalue weighted by atomic mass is 35.5. The van der Waals surface area contributed by atoms with E-state index in [0.29, 0.717) is 16.1 Å². The first-order valence-corrected chi connectivity index (χ1v) is 7.18. The van der Waals surface area contributed by atoms with E-state index in [4.69, 9.17) is 11.6 Å². The van der Waals surface area contributed by atoms with E-state index >= 15 is 0 Å². The largest absolute Gasteiger partial charge is 0.348 e. The van der Waals surface area contributed by atoms with Gasteiger partial charge in [-0.15, -0.1) is 10.2 Å². The van der Waals surface area contributed by atoms with Crippen LogP contribution in [0.15, 0.2) is 12.1 Å². The van der Waals surface area contributed by atoms with Crippen LogP contribution >= 0.6 is 23.4 Å². The number of hydrogen-bond acceptors (Lipinski definition) is 4. The standard InChI is InChI=1S/C11H14ClN3OS/c1-17-8-3-2-7(6-8)13-11(16)9-4-5-10(12)15-14-9/h4-5,7-8H,2-3,6H2,1H3,(H,13,16). The number of nitrogens with one attached hydrogen (secondary N) is 1. The Morgan fingerprint density at radius 1 is 1.47 bits per heavy atom. The van der Waals surface area contributed by atoms with Crippen LogP contribution in [0.1, 0.15) is 29.8 Å². The van der Waals surface area contributed by atoms with E-state index in [1.807, 2.05) is 11.8 Å². The van der Waals surface area contributed by atoms with Gasteiger partial charge in [0.05, 0.1) is 0 Å². The van der Waals surface area contributed by atoms with E-state index in [9.17, 15) is 4.79 Å². The third kappa shape index (κ3) is 3.33. The van der Waals surface area contributed by atoms with Crippen LogP contribution < -0.4 is 5.32 Å². The molecule has 4 nitrogen and oxygen atoms in total. The fraction of sp³-hybridized carbons (Fsp3) is 0.545. The summed E-state index contributed by atoms with van der Waals surface area (Å²) in [5.74, 6) is -0.166. The normalized spacial score (nSPS) is 23.6. The molecule has 1 aliphatic carbocycles. The number of carbonyl (C=O) groups is 1. The van der Waals surface area contributed by atoms with Crippen molar-refractivity contribution in [1.29, 1.82) is 0 Å². The van der Waals surface area contributed by atoms with Crippen molar-refractivity contribution in [2.24, 2.45) is 0 Å². The highest BCUT2D eigenvalue weighted by Crippen LogP contribution is 2.28. The Balaban J connectivity index is 1.91. The minimum atomic E-state index is -0.166. The molecular weight excluding hydrogens is 258 g/mol. The molecule has 0 saturated heterocycles. The summed E-state index contributed by atoms with van der Waals surface area (Å²) in [6.45, 7) is 0. The maximum Gasteiger partial charge on any atom is 0.272 e. The molecule has 1 aliphatic rings. The molecule has 0 aromatic carbocycles. The summed E-state index contributed by atoms with van der Waals surface area (Å²) in [4.78, 5) is 11.8. The summed E-state index contributed by atoms with van der Waals surface area (Å²) in [6, 6.07) is 3.42. The SMILES string of the molecule is CSC1CCC(NC(=O)c2ccc(Cl)nn2)C1. The van der Waals surface area contributed by atoms with Gasteiger partial charge >= 0.3 is 0 Å². The van der Waals surface area contributed by atoms with Gasteiger partial charge in [-0.25, -0.2) is 0 Å². The first-order valence-electron chi connectivity index (χ1n) is 5.52. The third-order valence-corrected chi connectivity index (χ3v) is 4.21. The molecule has 1 amide bonds.